The van der Waals surface area contributed by atoms with Gasteiger partial charge in [0.25, 0.3) is 0 Å². The van der Waals surface area contributed by atoms with Gasteiger partial charge in [-0.3, -0.25) is 4.79 Å². The number of sulfonamides is 1. The lowest BCUT2D eigenvalue weighted by Gasteiger charge is -2.31. The van der Waals surface area contributed by atoms with Gasteiger partial charge in [-0.2, -0.15) is 4.31 Å². The molecule has 31 heavy (non-hydrogen) atoms. The molecule has 1 atom stereocenters. The molecule has 1 saturated heterocycles. The van der Waals surface area contributed by atoms with Crippen molar-refractivity contribution < 1.29 is 27.4 Å². The summed E-state index contributed by atoms with van der Waals surface area (Å²) in [6, 6.07) is 11.7. The molecule has 1 heterocycles. The molecule has 1 fully saturated rings. The van der Waals surface area contributed by atoms with E-state index in [-0.39, 0.29) is 23.1 Å². The van der Waals surface area contributed by atoms with E-state index in [9.17, 15) is 13.2 Å². The van der Waals surface area contributed by atoms with E-state index in [0.29, 0.717) is 37.4 Å². The number of amides is 1. The molecular weight excluding hydrogens is 420 g/mol. The molecule has 1 aliphatic heterocycles. The van der Waals surface area contributed by atoms with Crippen molar-refractivity contribution in [2.75, 3.05) is 39.2 Å². The molecule has 0 aliphatic carbocycles. The minimum absolute atomic E-state index is 0.0296. The molecule has 2 aromatic carbocycles. The van der Waals surface area contributed by atoms with Gasteiger partial charge in [-0.05, 0) is 56.2 Å². The second-order valence-electron chi connectivity index (χ2n) is 7.17. The first-order valence-corrected chi connectivity index (χ1v) is 11.6. The topological polar surface area (TPSA) is 94.2 Å². The molecule has 8 nitrogen and oxygen atoms in total. The highest BCUT2D eigenvalue weighted by Crippen LogP contribution is 2.33. The fourth-order valence-corrected chi connectivity index (χ4v) is 5.24. The summed E-state index contributed by atoms with van der Waals surface area (Å²) in [6.07, 6.45) is 1.21. The number of methoxy groups -OCH3 is 2. The average Bonchev–Trinajstić information content (AvgIpc) is 2.80. The first-order chi connectivity index (χ1) is 14.9. The zero-order valence-electron chi connectivity index (χ0n) is 18.0. The van der Waals surface area contributed by atoms with Gasteiger partial charge in [0.05, 0.1) is 26.7 Å². The van der Waals surface area contributed by atoms with Crippen LogP contribution in [0.2, 0.25) is 0 Å². The lowest BCUT2D eigenvalue weighted by Crippen LogP contribution is -2.43. The van der Waals surface area contributed by atoms with Crippen LogP contribution in [0.5, 0.6) is 17.2 Å². The second kappa shape index (κ2) is 10.0. The van der Waals surface area contributed by atoms with Crippen LogP contribution in [-0.4, -0.2) is 52.5 Å². The Balaban J connectivity index is 1.74. The standard InChI is InChI=1S/C22H28N2O6S/c1-4-30-18-9-7-17(8-10-18)23-22(25)16-6-5-13-24(15-16)31(26,27)21-14-19(28-2)11-12-20(21)29-3/h7-12,14,16H,4-6,13,15H2,1-3H3,(H,23,25)/t16-/m0/s1. The number of piperidine rings is 1. The maximum Gasteiger partial charge on any atom is 0.246 e. The zero-order valence-corrected chi connectivity index (χ0v) is 18.8. The molecule has 3 rings (SSSR count). The summed E-state index contributed by atoms with van der Waals surface area (Å²) in [4.78, 5) is 12.8. The minimum Gasteiger partial charge on any atom is -0.497 e. The number of rotatable bonds is 8. The van der Waals surface area contributed by atoms with E-state index in [1.165, 1.54) is 24.6 Å². The van der Waals surface area contributed by atoms with Gasteiger partial charge in [-0.15, -0.1) is 0 Å². The Kier molecular flexibility index (Phi) is 7.40. The predicted molar refractivity (Wildman–Crippen MR) is 117 cm³/mol. The number of hydrogen-bond acceptors (Lipinski definition) is 6. The molecule has 1 N–H and O–H groups in total. The molecule has 168 valence electrons. The molecule has 1 aliphatic rings. The Morgan fingerprint density at radius 1 is 1.10 bits per heavy atom. The summed E-state index contributed by atoms with van der Waals surface area (Å²) in [6.45, 7) is 2.91. The van der Waals surface area contributed by atoms with E-state index < -0.39 is 15.9 Å². The third kappa shape index (κ3) is 5.29. The maximum atomic E-state index is 13.3. The van der Waals surface area contributed by atoms with Gasteiger partial charge in [0, 0.05) is 24.8 Å². The number of carbonyl (C=O) groups excluding carboxylic acids is 1. The van der Waals surface area contributed by atoms with Crippen molar-refractivity contribution in [2.24, 2.45) is 5.92 Å². The highest BCUT2D eigenvalue weighted by Gasteiger charge is 2.35. The first kappa shape index (κ1) is 22.9. The average molecular weight is 449 g/mol. The van der Waals surface area contributed by atoms with Gasteiger partial charge in [0.15, 0.2) is 0 Å². The number of anilines is 1. The Hall–Kier alpha value is -2.78. The number of ether oxygens (including phenoxy) is 3. The van der Waals surface area contributed by atoms with Gasteiger partial charge < -0.3 is 19.5 Å². The predicted octanol–water partition coefficient (Wildman–Crippen LogP) is 3.14. The van der Waals surface area contributed by atoms with Crippen LogP contribution in [-0.2, 0) is 14.8 Å². The fourth-order valence-electron chi connectivity index (χ4n) is 3.54. The van der Waals surface area contributed by atoms with Crippen LogP contribution < -0.4 is 19.5 Å². The summed E-state index contributed by atoms with van der Waals surface area (Å²) in [7, 11) is -0.963. The van der Waals surface area contributed by atoms with E-state index in [4.69, 9.17) is 14.2 Å². The molecule has 0 spiro atoms. The molecule has 0 saturated carbocycles. The van der Waals surface area contributed by atoms with E-state index in [0.717, 1.165) is 5.75 Å². The van der Waals surface area contributed by atoms with E-state index in [1.807, 2.05) is 6.92 Å². The molecule has 0 radical (unpaired) electrons. The van der Waals surface area contributed by atoms with Gasteiger partial charge in [-0.1, -0.05) is 0 Å². The number of nitrogens with one attached hydrogen (secondary N) is 1. The zero-order chi connectivity index (χ0) is 22.4. The third-order valence-corrected chi connectivity index (χ3v) is 7.06. The number of benzene rings is 2. The van der Waals surface area contributed by atoms with Crippen molar-refractivity contribution in [2.45, 2.75) is 24.7 Å². The Morgan fingerprint density at radius 3 is 2.45 bits per heavy atom. The van der Waals surface area contributed by atoms with Crippen LogP contribution in [0.1, 0.15) is 19.8 Å². The minimum atomic E-state index is -3.86. The second-order valence-corrected chi connectivity index (χ2v) is 9.07. The van der Waals surface area contributed by atoms with Crippen LogP contribution in [0, 0.1) is 5.92 Å². The summed E-state index contributed by atoms with van der Waals surface area (Å²) < 4.78 is 43.8. The van der Waals surface area contributed by atoms with Crippen LogP contribution in [0.15, 0.2) is 47.4 Å². The maximum absolute atomic E-state index is 13.3. The van der Waals surface area contributed by atoms with Gasteiger partial charge in [0.1, 0.15) is 22.1 Å². The van der Waals surface area contributed by atoms with Gasteiger partial charge in [0.2, 0.25) is 15.9 Å². The van der Waals surface area contributed by atoms with Crippen LogP contribution in [0.3, 0.4) is 0 Å². The fraction of sp³-hybridized carbons (Fsp3) is 0.409. The van der Waals surface area contributed by atoms with Crippen LogP contribution in [0.25, 0.3) is 0 Å². The van der Waals surface area contributed by atoms with Crippen LogP contribution in [0.4, 0.5) is 5.69 Å². The van der Waals surface area contributed by atoms with E-state index in [1.54, 1.807) is 36.4 Å². The molecule has 1 amide bonds. The van der Waals surface area contributed by atoms with Crippen LogP contribution >= 0.6 is 0 Å². The smallest absolute Gasteiger partial charge is 0.246 e. The number of nitrogens with zero attached hydrogens (tertiary/aromatic N) is 1. The lowest BCUT2D eigenvalue weighted by molar-refractivity contribution is -0.120. The highest BCUT2D eigenvalue weighted by atomic mass is 32.2. The molecule has 2 aromatic rings. The molecule has 9 heteroatoms. The van der Waals surface area contributed by atoms with Crippen molar-refractivity contribution in [3.8, 4) is 17.2 Å². The summed E-state index contributed by atoms with van der Waals surface area (Å²) in [5.41, 5.74) is 0.642. The Morgan fingerprint density at radius 2 is 1.81 bits per heavy atom. The highest BCUT2D eigenvalue weighted by molar-refractivity contribution is 7.89. The monoisotopic (exact) mass is 448 g/mol. The van der Waals surface area contributed by atoms with Crippen molar-refractivity contribution in [3.63, 3.8) is 0 Å². The molecule has 0 aromatic heterocycles. The number of carbonyl (C=O) groups is 1. The lowest BCUT2D eigenvalue weighted by atomic mass is 9.99. The number of hydrogen-bond donors (Lipinski definition) is 1. The molecular formula is C22H28N2O6S. The quantitative estimate of drug-likeness (QED) is 0.667. The third-order valence-electron chi connectivity index (χ3n) is 5.18. The van der Waals surface area contributed by atoms with Crippen molar-refractivity contribution in [3.05, 3.63) is 42.5 Å². The van der Waals surface area contributed by atoms with E-state index >= 15 is 0 Å². The molecule has 0 bridgehead atoms. The largest absolute Gasteiger partial charge is 0.497 e. The molecule has 0 unspecified atom stereocenters. The Bertz CT molecular complexity index is 1010. The van der Waals surface area contributed by atoms with Gasteiger partial charge in [-0.25, -0.2) is 8.42 Å². The van der Waals surface area contributed by atoms with Gasteiger partial charge >= 0.3 is 0 Å². The normalized spacial score (nSPS) is 17.1. The summed E-state index contributed by atoms with van der Waals surface area (Å²) in [5, 5.41) is 2.87. The van der Waals surface area contributed by atoms with Crippen molar-refractivity contribution in [1.82, 2.24) is 4.31 Å². The van der Waals surface area contributed by atoms with Crippen molar-refractivity contribution >= 4 is 21.6 Å². The first-order valence-electron chi connectivity index (χ1n) is 10.1. The van der Waals surface area contributed by atoms with E-state index in [2.05, 4.69) is 5.32 Å². The SMILES string of the molecule is CCOc1ccc(NC(=O)[C@H]2CCCN(S(=O)(=O)c3cc(OC)ccc3OC)C2)cc1. The Labute approximate surface area is 183 Å². The summed E-state index contributed by atoms with van der Waals surface area (Å²) in [5.74, 6) is 0.721. The summed E-state index contributed by atoms with van der Waals surface area (Å²) >= 11 is 0. The van der Waals surface area contributed by atoms with Crippen molar-refractivity contribution in [1.29, 1.82) is 0 Å².